The zero-order valence-electron chi connectivity index (χ0n) is 10.8. The van der Waals surface area contributed by atoms with Crippen molar-refractivity contribution in [3.63, 3.8) is 0 Å². The molecule has 1 aliphatic heterocycles. The van der Waals surface area contributed by atoms with Crippen molar-refractivity contribution in [2.75, 3.05) is 17.2 Å². The maximum Gasteiger partial charge on any atom is 0.147 e. The Morgan fingerprint density at radius 1 is 1.10 bits per heavy atom. The summed E-state index contributed by atoms with van der Waals surface area (Å²) in [7, 11) is 0. The molecule has 1 aromatic heterocycles. The van der Waals surface area contributed by atoms with E-state index in [1.54, 1.807) is 6.20 Å². The Kier molecular flexibility index (Phi) is 3.22. The van der Waals surface area contributed by atoms with Gasteiger partial charge in [-0.15, -0.1) is 0 Å². The van der Waals surface area contributed by atoms with Gasteiger partial charge in [0.25, 0.3) is 0 Å². The molecular weight excluding hydrogens is 262 g/mol. The zero-order chi connectivity index (χ0) is 14.1. The minimum atomic E-state index is -0.560. The highest BCUT2D eigenvalue weighted by atomic mass is 19.1. The summed E-state index contributed by atoms with van der Waals surface area (Å²) in [5.74, 6) is -0.0989. The van der Waals surface area contributed by atoms with E-state index in [0.717, 1.165) is 25.5 Å². The van der Waals surface area contributed by atoms with Gasteiger partial charge in [0.05, 0.1) is 18.4 Å². The number of hydrogen-bond donors (Lipinski definition) is 1. The predicted molar refractivity (Wildman–Crippen MR) is 72.1 cm³/mol. The van der Waals surface area contributed by atoms with Crippen LogP contribution >= 0.6 is 0 Å². The van der Waals surface area contributed by atoms with Gasteiger partial charge in [0.15, 0.2) is 0 Å². The zero-order valence-corrected chi connectivity index (χ0v) is 10.8. The van der Waals surface area contributed by atoms with Gasteiger partial charge in [-0.1, -0.05) is 0 Å². The van der Waals surface area contributed by atoms with Crippen LogP contribution in [-0.4, -0.2) is 16.5 Å². The molecule has 0 radical (unpaired) electrons. The second-order valence-corrected chi connectivity index (χ2v) is 4.85. The first-order chi connectivity index (χ1) is 9.63. The Bertz CT molecular complexity index is 595. The minimum absolute atomic E-state index is 0.0851. The summed E-state index contributed by atoms with van der Waals surface area (Å²) in [4.78, 5) is 10.2. The van der Waals surface area contributed by atoms with Crippen LogP contribution in [-0.2, 0) is 0 Å². The highest BCUT2D eigenvalue weighted by Crippen LogP contribution is 2.35. The third-order valence-electron chi connectivity index (χ3n) is 3.47. The van der Waals surface area contributed by atoms with Crippen LogP contribution in [0.25, 0.3) is 0 Å². The normalized spacial score (nSPS) is 18.5. The molecule has 1 fully saturated rings. The third-order valence-corrected chi connectivity index (χ3v) is 3.47. The van der Waals surface area contributed by atoms with Gasteiger partial charge in [0, 0.05) is 12.6 Å². The van der Waals surface area contributed by atoms with Crippen LogP contribution in [0.2, 0.25) is 0 Å². The second-order valence-electron chi connectivity index (χ2n) is 4.85. The summed E-state index contributed by atoms with van der Waals surface area (Å²) >= 11 is 0. The average molecular weight is 276 g/mol. The molecule has 0 saturated carbocycles. The van der Waals surface area contributed by atoms with Crippen molar-refractivity contribution in [1.82, 2.24) is 9.97 Å². The van der Waals surface area contributed by atoms with Crippen molar-refractivity contribution in [2.24, 2.45) is 0 Å². The predicted octanol–water partition coefficient (Wildman–Crippen LogP) is 2.68. The SMILES string of the molecule is Nc1cnc(N2CCC[C@H]2c2cc(F)cc(F)c2)cn1. The Morgan fingerprint density at radius 3 is 2.50 bits per heavy atom. The summed E-state index contributed by atoms with van der Waals surface area (Å²) in [5, 5.41) is 0. The summed E-state index contributed by atoms with van der Waals surface area (Å²) in [5.41, 5.74) is 6.14. The monoisotopic (exact) mass is 276 g/mol. The Balaban J connectivity index is 1.94. The second kappa shape index (κ2) is 5.03. The number of nitrogen functional groups attached to an aromatic ring is 1. The van der Waals surface area contributed by atoms with Crippen LogP contribution in [0.3, 0.4) is 0 Å². The third kappa shape index (κ3) is 2.41. The van der Waals surface area contributed by atoms with Crippen molar-refractivity contribution in [1.29, 1.82) is 0 Å². The number of aromatic nitrogens is 2. The first-order valence-corrected chi connectivity index (χ1v) is 6.43. The molecule has 1 aromatic carbocycles. The number of halogens is 2. The van der Waals surface area contributed by atoms with Crippen molar-refractivity contribution in [3.8, 4) is 0 Å². The molecule has 2 heterocycles. The van der Waals surface area contributed by atoms with Gasteiger partial charge < -0.3 is 10.6 Å². The Morgan fingerprint density at radius 2 is 1.85 bits per heavy atom. The van der Waals surface area contributed by atoms with E-state index in [1.165, 1.54) is 18.3 Å². The molecule has 0 aliphatic carbocycles. The van der Waals surface area contributed by atoms with E-state index in [-0.39, 0.29) is 6.04 Å². The fourth-order valence-corrected chi connectivity index (χ4v) is 2.63. The van der Waals surface area contributed by atoms with E-state index in [0.29, 0.717) is 17.2 Å². The van der Waals surface area contributed by atoms with E-state index in [1.807, 2.05) is 4.90 Å². The Labute approximate surface area is 115 Å². The smallest absolute Gasteiger partial charge is 0.147 e. The largest absolute Gasteiger partial charge is 0.382 e. The van der Waals surface area contributed by atoms with Crippen LogP contribution in [0.4, 0.5) is 20.4 Å². The van der Waals surface area contributed by atoms with Crippen LogP contribution in [0, 0.1) is 11.6 Å². The van der Waals surface area contributed by atoms with E-state index in [2.05, 4.69) is 9.97 Å². The molecule has 1 saturated heterocycles. The van der Waals surface area contributed by atoms with Crippen molar-refractivity contribution < 1.29 is 8.78 Å². The summed E-state index contributed by atoms with van der Waals surface area (Å²) in [6.45, 7) is 0.779. The number of benzene rings is 1. The Hall–Kier alpha value is -2.24. The lowest BCUT2D eigenvalue weighted by molar-refractivity contribution is 0.572. The minimum Gasteiger partial charge on any atom is -0.382 e. The highest BCUT2D eigenvalue weighted by molar-refractivity contribution is 5.44. The first-order valence-electron chi connectivity index (χ1n) is 6.43. The fourth-order valence-electron chi connectivity index (χ4n) is 2.63. The molecule has 6 heteroatoms. The number of anilines is 2. The van der Waals surface area contributed by atoms with Crippen LogP contribution in [0.15, 0.2) is 30.6 Å². The summed E-state index contributed by atoms with van der Waals surface area (Å²) in [6.07, 6.45) is 4.84. The fraction of sp³-hybridized carbons (Fsp3) is 0.286. The molecule has 0 spiro atoms. The summed E-state index contributed by atoms with van der Waals surface area (Å²) < 4.78 is 26.7. The average Bonchev–Trinajstić information content (AvgIpc) is 2.87. The maximum atomic E-state index is 13.4. The molecule has 0 amide bonds. The van der Waals surface area contributed by atoms with Gasteiger partial charge in [0.2, 0.25) is 0 Å². The number of nitrogens with zero attached hydrogens (tertiary/aromatic N) is 3. The van der Waals surface area contributed by atoms with E-state index < -0.39 is 11.6 Å². The number of hydrogen-bond acceptors (Lipinski definition) is 4. The van der Waals surface area contributed by atoms with Crippen LogP contribution in [0.5, 0.6) is 0 Å². The molecule has 2 aromatic rings. The molecule has 0 bridgehead atoms. The van der Waals surface area contributed by atoms with Gasteiger partial charge in [0.1, 0.15) is 23.3 Å². The lowest BCUT2D eigenvalue weighted by Crippen LogP contribution is -2.24. The van der Waals surface area contributed by atoms with E-state index in [4.69, 9.17) is 5.73 Å². The molecule has 4 nitrogen and oxygen atoms in total. The van der Waals surface area contributed by atoms with Crippen molar-refractivity contribution in [2.45, 2.75) is 18.9 Å². The molecule has 2 N–H and O–H groups in total. The molecule has 1 atom stereocenters. The van der Waals surface area contributed by atoms with E-state index in [9.17, 15) is 8.78 Å². The first kappa shape index (κ1) is 12.8. The summed E-state index contributed by atoms with van der Waals surface area (Å²) in [6, 6.07) is 3.54. The van der Waals surface area contributed by atoms with Crippen LogP contribution < -0.4 is 10.6 Å². The van der Waals surface area contributed by atoms with E-state index >= 15 is 0 Å². The number of rotatable bonds is 2. The van der Waals surface area contributed by atoms with Gasteiger partial charge >= 0.3 is 0 Å². The van der Waals surface area contributed by atoms with Crippen molar-refractivity contribution in [3.05, 3.63) is 47.8 Å². The topological polar surface area (TPSA) is 55.0 Å². The quantitative estimate of drug-likeness (QED) is 0.916. The van der Waals surface area contributed by atoms with Gasteiger partial charge in [-0.25, -0.2) is 18.7 Å². The lowest BCUT2D eigenvalue weighted by Gasteiger charge is -2.25. The molecule has 0 unspecified atom stereocenters. The molecular formula is C14H14F2N4. The standard InChI is InChI=1S/C14H14F2N4/c15-10-4-9(5-11(16)6-10)12-2-1-3-20(12)14-8-18-13(17)7-19-14/h4-8,12H,1-3H2,(H2,17,18)/t12-/m0/s1. The van der Waals surface area contributed by atoms with Crippen molar-refractivity contribution >= 4 is 11.6 Å². The maximum absolute atomic E-state index is 13.4. The van der Waals surface area contributed by atoms with Gasteiger partial charge in [-0.2, -0.15) is 0 Å². The molecule has 3 rings (SSSR count). The van der Waals surface area contributed by atoms with Crippen LogP contribution in [0.1, 0.15) is 24.4 Å². The number of nitrogens with two attached hydrogens (primary N) is 1. The molecule has 20 heavy (non-hydrogen) atoms. The molecule has 104 valence electrons. The molecule has 1 aliphatic rings. The highest BCUT2D eigenvalue weighted by Gasteiger charge is 2.28. The van der Waals surface area contributed by atoms with Gasteiger partial charge in [-0.3, -0.25) is 0 Å². The van der Waals surface area contributed by atoms with Gasteiger partial charge in [-0.05, 0) is 30.5 Å². The lowest BCUT2D eigenvalue weighted by atomic mass is 10.0.